The van der Waals surface area contributed by atoms with E-state index in [9.17, 15) is 9.59 Å². The first-order valence-corrected chi connectivity index (χ1v) is 11.7. The Balaban J connectivity index is 1.70. The maximum atomic E-state index is 13.6. The van der Waals surface area contributed by atoms with Crippen LogP contribution in [0.15, 0.2) is 71.5 Å². The lowest BCUT2D eigenvalue weighted by molar-refractivity contribution is -0.116. The second-order valence-corrected chi connectivity index (χ2v) is 8.59. The van der Waals surface area contributed by atoms with Crippen molar-refractivity contribution in [1.29, 1.82) is 0 Å². The van der Waals surface area contributed by atoms with E-state index < -0.39 is 0 Å². The number of carbonyl (C=O) groups excluding carboxylic acids is 1. The summed E-state index contributed by atoms with van der Waals surface area (Å²) in [7, 11) is 4.69. The minimum atomic E-state index is -0.311. The summed E-state index contributed by atoms with van der Waals surface area (Å²) in [5, 5.41) is 3.65. The molecule has 0 bridgehead atoms. The number of nitrogens with one attached hydrogen (secondary N) is 1. The quantitative estimate of drug-likeness (QED) is 0.369. The molecule has 7 heteroatoms. The number of anilines is 1. The normalized spacial score (nSPS) is 10.8. The Kier molecular flexibility index (Phi) is 7.59. The van der Waals surface area contributed by atoms with E-state index in [1.54, 1.807) is 51.7 Å². The maximum absolute atomic E-state index is 13.6. The number of pyridine rings is 1. The smallest absolute Gasteiger partial charge is 0.254 e. The van der Waals surface area contributed by atoms with Crippen molar-refractivity contribution in [1.82, 2.24) is 4.57 Å². The monoisotopic (exact) mass is 486 g/mol. The van der Waals surface area contributed by atoms with Gasteiger partial charge in [-0.05, 0) is 61.7 Å². The molecule has 1 N–H and O–H groups in total. The van der Waals surface area contributed by atoms with Crippen LogP contribution in [0.1, 0.15) is 16.7 Å². The fraction of sp³-hybridized carbons (Fsp3) is 0.241. The van der Waals surface area contributed by atoms with Crippen molar-refractivity contribution in [2.75, 3.05) is 26.6 Å². The molecule has 0 fully saturated rings. The number of ether oxygens (including phenoxy) is 3. The molecule has 0 spiro atoms. The zero-order valence-electron chi connectivity index (χ0n) is 21.0. The van der Waals surface area contributed by atoms with Crippen molar-refractivity contribution in [3.63, 3.8) is 0 Å². The SMILES string of the molecule is COc1ccc(NC(=O)Cn2c(=O)c(CCc3ccc(C)cc3)cc3cc(OC)c(OC)cc32)cc1. The average Bonchev–Trinajstić information content (AvgIpc) is 2.90. The Labute approximate surface area is 210 Å². The molecule has 0 saturated heterocycles. The molecule has 0 atom stereocenters. The highest BCUT2D eigenvalue weighted by molar-refractivity contribution is 5.92. The third-order valence-corrected chi connectivity index (χ3v) is 6.15. The van der Waals surface area contributed by atoms with Gasteiger partial charge in [-0.2, -0.15) is 0 Å². The summed E-state index contributed by atoms with van der Waals surface area (Å²) < 4.78 is 17.6. The molecular formula is C29H30N2O5. The molecule has 1 amide bonds. The summed E-state index contributed by atoms with van der Waals surface area (Å²) in [4.78, 5) is 26.6. The van der Waals surface area contributed by atoms with Crippen LogP contribution in [0.5, 0.6) is 17.2 Å². The van der Waals surface area contributed by atoms with Gasteiger partial charge in [0.1, 0.15) is 12.3 Å². The number of hydrogen-bond donors (Lipinski definition) is 1. The molecule has 1 aromatic heterocycles. The molecule has 1 heterocycles. The first-order valence-electron chi connectivity index (χ1n) is 11.7. The van der Waals surface area contributed by atoms with Crippen LogP contribution in [0.3, 0.4) is 0 Å². The lowest BCUT2D eigenvalue weighted by atomic mass is 10.0. The van der Waals surface area contributed by atoms with E-state index in [2.05, 4.69) is 29.6 Å². The fourth-order valence-electron chi connectivity index (χ4n) is 4.15. The van der Waals surface area contributed by atoms with Crippen molar-refractivity contribution in [3.05, 3.63) is 93.8 Å². The van der Waals surface area contributed by atoms with Gasteiger partial charge >= 0.3 is 0 Å². The number of aryl methyl sites for hydroxylation is 3. The summed E-state index contributed by atoms with van der Waals surface area (Å²) in [5.41, 5.74) is 3.99. The number of fused-ring (bicyclic) bond motifs is 1. The number of nitrogens with zero attached hydrogens (tertiary/aromatic N) is 1. The van der Waals surface area contributed by atoms with Crippen LogP contribution in [-0.4, -0.2) is 31.8 Å². The Hall–Kier alpha value is -4.26. The highest BCUT2D eigenvalue weighted by Crippen LogP contribution is 2.32. The van der Waals surface area contributed by atoms with Crippen molar-refractivity contribution >= 4 is 22.5 Å². The maximum Gasteiger partial charge on any atom is 0.254 e. The van der Waals surface area contributed by atoms with Gasteiger partial charge in [0.25, 0.3) is 5.56 Å². The molecule has 186 valence electrons. The first-order chi connectivity index (χ1) is 17.4. The predicted molar refractivity (Wildman–Crippen MR) is 142 cm³/mol. The fourth-order valence-corrected chi connectivity index (χ4v) is 4.15. The molecule has 4 aromatic rings. The lowest BCUT2D eigenvalue weighted by Crippen LogP contribution is -2.30. The van der Waals surface area contributed by atoms with Crippen LogP contribution in [0.4, 0.5) is 5.69 Å². The van der Waals surface area contributed by atoms with Gasteiger partial charge in [-0.3, -0.25) is 14.2 Å². The minimum absolute atomic E-state index is 0.144. The second-order valence-electron chi connectivity index (χ2n) is 8.59. The standard InChI is InChI=1S/C29H30N2O5/c1-19-5-7-20(8-6-19)9-10-21-15-22-16-26(35-3)27(36-4)17-25(22)31(29(21)33)18-28(32)30-23-11-13-24(34-2)14-12-23/h5-8,11-17H,9-10,18H2,1-4H3,(H,30,32). The van der Waals surface area contributed by atoms with E-state index in [4.69, 9.17) is 14.2 Å². The average molecular weight is 487 g/mol. The number of benzene rings is 3. The topological polar surface area (TPSA) is 78.8 Å². The molecule has 0 aliphatic rings. The summed E-state index contributed by atoms with van der Waals surface area (Å²) >= 11 is 0. The largest absolute Gasteiger partial charge is 0.497 e. The lowest BCUT2D eigenvalue weighted by Gasteiger charge is -2.16. The zero-order valence-corrected chi connectivity index (χ0v) is 21.0. The second kappa shape index (κ2) is 11.0. The van der Waals surface area contributed by atoms with Gasteiger partial charge in [0.05, 0.1) is 26.8 Å². The van der Waals surface area contributed by atoms with E-state index in [1.807, 2.05) is 19.1 Å². The number of aromatic nitrogens is 1. The Morgan fingerprint density at radius 1 is 0.833 bits per heavy atom. The molecular weight excluding hydrogens is 456 g/mol. The van der Waals surface area contributed by atoms with Crippen LogP contribution < -0.4 is 25.1 Å². The first kappa shape index (κ1) is 24.9. The van der Waals surface area contributed by atoms with E-state index in [-0.39, 0.29) is 18.0 Å². The Bertz CT molecular complexity index is 1420. The molecule has 0 aliphatic heterocycles. The number of amides is 1. The Morgan fingerprint density at radius 3 is 2.14 bits per heavy atom. The van der Waals surface area contributed by atoms with Crippen molar-refractivity contribution in [2.45, 2.75) is 26.3 Å². The van der Waals surface area contributed by atoms with Crippen LogP contribution in [0, 0.1) is 6.92 Å². The summed E-state index contributed by atoms with van der Waals surface area (Å²) in [6.07, 6.45) is 1.26. The van der Waals surface area contributed by atoms with E-state index in [1.165, 1.54) is 10.1 Å². The molecule has 7 nitrogen and oxygen atoms in total. The minimum Gasteiger partial charge on any atom is -0.497 e. The third-order valence-electron chi connectivity index (χ3n) is 6.15. The van der Waals surface area contributed by atoms with Crippen LogP contribution in [-0.2, 0) is 24.2 Å². The predicted octanol–water partition coefficient (Wildman–Crippen LogP) is 4.76. The van der Waals surface area contributed by atoms with Gasteiger partial charge in [-0.25, -0.2) is 0 Å². The number of carbonyl (C=O) groups is 1. The van der Waals surface area contributed by atoms with Crippen molar-refractivity contribution < 1.29 is 19.0 Å². The molecule has 3 aromatic carbocycles. The van der Waals surface area contributed by atoms with Gasteiger partial charge in [0.2, 0.25) is 5.91 Å². The molecule has 36 heavy (non-hydrogen) atoms. The van der Waals surface area contributed by atoms with Crippen LogP contribution in [0.2, 0.25) is 0 Å². The molecule has 0 aliphatic carbocycles. The van der Waals surface area contributed by atoms with Gasteiger partial charge in [-0.15, -0.1) is 0 Å². The van der Waals surface area contributed by atoms with Crippen LogP contribution >= 0.6 is 0 Å². The highest BCUT2D eigenvalue weighted by Gasteiger charge is 2.16. The summed E-state index contributed by atoms with van der Waals surface area (Å²) in [6.45, 7) is 1.90. The van der Waals surface area contributed by atoms with E-state index in [0.29, 0.717) is 46.9 Å². The van der Waals surface area contributed by atoms with Gasteiger partial charge in [0, 0.05) is 22.7 Å². The van der Waals surface area contributed by atoms with E-state index in [0.717, 1.165) is 10.9 Å². The van der Waals surface area contributed by atoms with E-state index >= 15 is 0 Å². The third kappa shape index (κ3) is 5.51. The number of rotatable bonds is 9. The van der Waals surface area contributed by atoms with Crippen LogP contribution in [0.25, 0.3) is 10.9 Å². The highest BCUT2D eigenvalue weighted by atomic mass is 16.5. The molecule has 0 unspecified atom stereocenters. The number of methoxy groups -OCH3 is 3. The van der Waals surface area contributed by atoms with Crippen molar-refractivity contribution in [2.24, 2.45) is 0 Å². The Morgan fingerprint density at radius 2 is 1.50 bits per heavy atom. The zero-order chi connectivity index (χ0) is 25.7. The van der Waals surface area contributed by atoms with Gasteiger partial charge < -0.3 is 19.5 Å². The summed E-state index contributed by atoms with van der Waals surface area (Å²) in [5.74, 6) is 1.43. The molecule has 0 saturated carbocycles. The van der Waals surface area contributed by atoms with Gasteiger partial charge in [0.15, 0.2) is 11.5 Å². The van der Waals surface area contributed by atoms with Gasteiger partial charge in [-0.1, -0.05) is 29.8 Å². The molecule has 4 rings (SSSR count). The van der Waals surface area contributed by atoms with Crippen molar-refractivity contribution in [3.8, 4) is 17.2 Å². The summed E-state index contributed by atoms with van der Waals surface area (Å²) in [6, 6.07) is 20.8. The molecule has 0 radical (unpaired) electrons. The number of hydrogen-bond acceptors (Lipinski definition) is 5.